The third kappa shape index (κ3) is 2.93. The van der Waals surface area contributed by atoms with E-state index in [0.29, 0.717) is 16.9 Å². The Balaban J connectivity index is 1.41. The predicted octanol–water partition coefficient (Wildman–Crippen LogP) is 2.79. The van der Waals surface area contributed by atoms with E-state index in [1.165, 1.54) is 0 Å². The minimum absolute atomic E-state index is 0.593. The number of benzene rings is 2. The highest BCUT2D eigenvalue weighted by molar-refractivity contribution is 6.01. The zero-order valence-electron chi connectivity index (χ0n) is 20.8. The maximum atomic E-state index is 5.07. The molecule has 13 heteroatoms. The Morgan fingerprint density at radius 3 is 2.20 bits per heavy atom. The number of aromatic amines is 3. The van der Waals surface area contributed by atoms with Crippen LogP contribution >= 0.6 is 0 Å². The van der Waals surface area contributed by atoms with Gasteiger partial charge in [-0.05, 0) is 24.3 Å². The Morgan fingerprint density at radius 2 is 1.38 bits per heavy atom. The average Bonchev–Trinajstić information content (AvgIpc) is 3.73. The number of allylic oxidation sites excluding steroid dienone is 3. The van der Waals surface area contributed by atoms with Gasteiger partial charge in [0.1, 0.15) is 22.9 Å². The monoisotopic (exact) mass is 527 g/mol. The number of nitrogens with one attached hydrogen (secondary N) is 5. The molecule has 3 aliphatic rings. The predicted molar refractivity (Wildman–Crippen MR) is 150 cm³/mol. The van der Waals surface area contributed by atoms with Crippen LogP contribution in [0.1, 0.15) is 0 Å². The van der Waals surface area contributed by atoms with Crippen LogP contribution in [0.25, 0.3) is 21.5 Å². The molecule has 194 valence electrons. The topological polar surface area (TPSA) is 130 Å². The van der Waals surface area contributed by atoms with Crippen LogP contribution in [-0.2, 0) is 0 Å². The van der Waals surface area contributed by atoms with Crippen molar-refractivity contribution in [3.8, 4) is 0 Å². The molecule has 8 bridgehead atoms. The minimum atomic E-state index is 0.593. The fraction of sp³-hybridized carbons (Fsp3) is 0. The first-order chi connectivity index (χ1) is 19.8. The molecule has 7 heterocycles. The first-order valence-corrected chi connectivity index (χ1v) is 12.8. The summed E-state index contributed by atoms with van der Waals surface area (Å²) in [7, 11) is 0. The van der Waals surface area contributed by atoms with Gasteiger partial charge in [-0.3, -0.25) is 4.90 Å². The highest BCUT2D eigenvalue weighted by Crippen LogP contribution is 2.33. The van der Waals surface area contributed by atoms with Crippen LogP contribution in [-0.4, -0.2) is 45.1 Å². The maximum Gasteiger partial charge on any atom is 0.235 e. The van der Waals surface area contributed by atoms with Crippen LogP contribution in [0.15, 0.2) is 124 Å². The summed E-state index contributed by atoms with van der Waals surface area (Å²) in [5.41, 5.74) is 2.28. The van der Waals surface area contributed by atoms with Crippen LogP contribution in [0.2, 0.25) is 0 Å². The van der Waals surface area contributed by atoms with E-state index >= 15 is 0 Å². The van der Waals surface area contributed by atoms with E-state index in [9.17, 15) is 0 Å². The van der Waals surface area contributed by atoms with Gasteiger partial charge >= 0.3 is 0 Å². The normalized spacial score (nSPS) is 15.6. The highest BCUT2D eigenvalue weighted by Gasteiger charge is 2.28. The van der Waals surface area contributed by atoms with Gasteiger partial charge in [0.25, 0.3) is 0 Å². The molecule has 6 aromatic rings. The molecule has 9 rings (SSSR count). The Kier molecular flexibility index (Phi) is 4.02. The summed E-state index contributed by atoms with van der Waals surface area (Å²) in [6.45, 7) is 0. The molecule has 0 fully saturated rings. The summed E-state index contributed by atoms with van der Waals surface area (Å²) in [6, 6.07) is 20.1. The summed E-state index contributed by atoms with van der Waals surface area (Å²) in [5, 5.41) is 24.0. The van der Waals surface area contributed by atoms with Gasteiger partial charge in [-0.15, -0.1) is 14.4 Å². The van der Waals surface area contributed by atoms with Crippen molar-refractivity contribution in [2.24, 2.45) is 15.2 Å². The van der Waals surface area contributed by atoms with Crippen molar-refractivity contribution in [3.63, 3.8) is 0 Å². The largest absolute Gasteiger partial charge is 0.326 e. The molecular formula is C27H21N13. The standard InChI is InChI=1S/C27H21N13/c1-2-10-18-17(9-1)22-28-23-19-11-3-4-12-20(19)25(30-23)33-39-35-40(38-16-8-7-15-37(38)39)34-27-32-26(31-24(18)29-22)21-13-5-6-14-36(21)27/h1-16,29,31,35H,(H,32,34)(H,28,30,33). The summed E-state index contributed by atoms with van der Waals surface area (Å²) in [5.74, 6) is 2.93. The second kappa shape index (κ2) is 7.70. The molecule has 0 unspecified atom stereocenters. The van der Waals surface area contributed by atoms with E-state index in [1.54, 1.807) is 19.1 Å². The maximum absolute atomic E-state index is 5.07. The van der Waals surface area contributed by atoms with Crippen molar-refractivity contribution in [1.29, 1.82) is 0 Å². The Labute approximate surface area is 224 Å². The molecule has 5 N–H and O–H groups in total. The molecule has 0 radical (unpaired) electrons. The van der Waals surface area contributed by atoms with E-state index < -0.39 is 0 Å². The van der Waals surface area contributed by atoms with E-state index in [4.69, 9.17) is 15.2 Å². The van der Waals surface area contributed by atoms with E-state index in [2.05, 4.69) is 37.9 Å². The Hall–Kier alpha value is -6.11. The zero-order chi connectivity index (χ0) is 26.2. The number of aromatic nitrogens is 7. The van der Waals surface area contributed by atoms with Gasteiger partial charge in [0.2, 0.25) is 5.96 Å². The van der Waals surface area contributed by atoms with Crippen molar-refractivity contribution in [3.05, 3.63) is 120 Å². The summed E-state index contributed by atoms with van der Waals surface area (Å²) < 4.78 is 3.60. The summed E-state index contributed by atoms with van der Waals surface area (Å²) in [6.07, 6.45) is 11.7. The number of anilines is 1. The van der Waals surface area contributed by atoms with Crippen molar-refractivity contribution < 1.29 is 0 Å². The molecular weight excluding hydrogens is 506 g/mol. The number of hydrogen-bond donors (Lipinski definition) is 5. The van der Waals surface area contributed by atoms with Gasteiger partial charge < -0.3 is 20.6 Å². The molecule has 0 aliphatic carbocycles. The lowest BCUT2D eigenvalue weighted by Gasteiger charge is -2.16. The van der Waals surface area contributed by atoms with Crippen molar-refractivity contribution in [2.75, 3.05) is 5.32 Å². The van der Waals surface area contributed by atoms with E-state index in [1.807, 2.05) is 90.3 Å². The van der Waals surface area contributed by atoms with Gasteiger partial charge in [-0.1, -0.05) is 69.5 Å². The number of guanidine groups is 1. The second-order valence-corrected chi connectivity index (χ2v) is 9.48. The van der Waals surface area contributed by atoms with Crippen molar-refractivity contribution >= 4 is 39.1 Å². The number of fused-ring (bicyclic) bond motifs is 19. The summed E-state index contributed by atoms with van der Waals surface area (Å²) in [4.78, 5) is 17.2. The van der Waals surface area contributed by atoms with Crippen LogP contribution in [0.4, 0.5) is 11.6 Å². The fourth-order valence-corrected chi connectivity index (χ4v) is 5.31. The van der Waals surface area contributed by atoms with Crippen LogP contribution in [0.3, 0.4) is 0 Å². The van der Waals surface area contributed by atoms with Gasteiger partial charge in [-0.25, -0.2) is 4.99 Å². The number of hydrogen-bond acceptors (Lipinski definition) is 6. The number of H-pyrrole nitrogens is 3. The SMILES string of the molecule is C1=CC2=C3NC(=Nn4[nH]n(n5ccccn45)N=c4[nH]c(c5ccccc45)=Nc4[nH]c(c5ccccc45)N3)N2C=C1. The Morgan fingerprint density at radius 1 is 0.650 bits per heavy atom. The first kappa shape index (κ1) is 20.9. The molecule has 0 spiro atoms. The van der Waals surface area contributed by atoms with Crippen LogP contribution < -0.4 is 21.6 Å². The molecule has 0 saturated carbocycles. The third-order valence-electron chi connectivity index (χ3n) is 7.13. The van der Waals surface area contributed by atoms with Gasteiger partial charge in [0.15, 0.2) is 5.49 Å². The molecule has 40 heavy (non-hydrogen) atoms. The lowest BCUT2D eigenvalue weighted by Crippen LogP contribution is -2.31. The molecule has 3 aliphatic heterocycles. The summed E-state index contributed by atoms with van der Waals surface area (Å²) >= 11 is 0. The third-order valence-corrected chi connectivity index (χ3v) is 7.13. The van der Waals surface area contributed by atoms with Gasteiger partial charge in [0, 0.05) is 27.7 Å². The minimum Gasteiger partial charge on any atom is -0.326 e. The quantitative estimate of drug-likeness (QED) is 0.208. The first-order valence-electron chi connectivity index (χ1n) is 12.8. The molecule has 2 aromatic carbocycles. The zero-order valence-corrected chi connectivity index (χ0v) is 20.8. The lowest BCUT2D eigenvalue weighted by molar-refractivity contribution is 0.511. The van der Waals surface area contributed by atoms with Crippen LogP contribution in [0.5, 0.6) is 0 Å². The van der Waals surface area contributed by atoms with Gasteiger partial charge in [0.05, 0.1) is 18.1 Å². The van der Waals surface area contributed by atoms with E-state index in [-0.39, 0.29) is 0 Å². The second-order valence-electron chi connectivity index (χ2n) is 9.48. The van der Waals surface area contributed by atoms with Crippen LogP contribution in [0, 0.1) is 0 Å². The highest BCUT2D eigenvalue weighted by atomic mass is 16.0. The number of nitrogens with zero attached hydrogens (tertiary/aromatic N) is 8. The molecule has 0 saturated heterocycles. The smallest absolute Gasteiger partial charge is 0.235 e. The molecule has 0 atom stereocenters. The van der Waals surface area contributed by atoms with Crippen molar-refractivity contribution in [1.82, 2.24) is 44.5 Å². The van der Waals surface area contributed by atoms with Crippen molar-refractivity contribution in [2.45, 2.75) is 0 Å². The fourth-order valence-electron chi connectivity index (χ4n) is 5.31. The molecule has 4 aromatic heterocycles. The number of rotatable bonds is 0. The molecule has 13 nitrogen and oxygen atoms in total. The van der Waals surface area contributed by atoms with E-state index in [0.717, 1.165) is 44.7 Å². The molecule has 0 amide bonds. The average molecular weight is 528 g/mol. The lowest BCUT2D eigenvalue weighted by atomic mass is 10.2. The van der Waals surface area contributed by atoms with Gasteiger partial charge in [-0.2, -0.15) is 5.21 Å². The Bertz CT molecular complexity index is 2290.